The van der Waals surface area contributed by atoms with Crippen molar-refractivity contribution in [2.45, 2.75) is 25.9 Å². The van der Waals surface area contributed by atoms with E-state index in [2.05, 4.69) is 12.2 Å². The molecule has 6 nitrogen and oxygen atoms in total. The van der Waals surface area contributed by atoms with Crippen LogP contribution in [0.5, 0.6) is 0 Å². The number of methoxy groups -OCH3 is 1. The Kier molecular flexibility index (Phi) is 5.37. The van der Waals surface area contributed by atoms with Gasteiger partial charge in [0, 0.05) is 39.8 Å². The second-order valence-electron chi connectivity index (χ2n) is 5.69. The molecule has 2 aliphatic rings. The molecule has 2 saturated heterocycles. The second kappa shape index (κ2) is 7.04. The molecule has 2 amide bonds. The summed E-state index contributed by atoms with van der Waals surface area (Å²) in [5.74, 6) is -0.305. The van der Waals surface area contributed by atoms with Crippen LogP contribution in [0, 0.1) is 5.92 Å². The maximum atomic E-state index is 12.3. The van der Waals surface area contributed by atoms with E-state index in [9.17, 15) is 9.59 Å². The Morgan fingerprint density at radius 2 is 1.85 bits per heavy atom. The van der Waals surface area contributed by atoms with Gasteiger partial charge in [-0.15, -0.1) is 0 Å². The van der Waals surface area contributed by atoms with Crippen LogP contribution in [0.3, 0.4) is 0 Å². The van der Waals surface area contributed by atoms with Gasteiger partial charge in [-0.05, 0) is 25.3 Å². The summed E-state index contributed by atoms with van der Waals surface area (Å²) in [6, 6.07) is 0. The summed E-state index contributed by atoms with van der Waals surface area (Å²) < 4.78 is 5.40. The van der Waals surface area contributed by atoms with Crippen LogP contribution in [0.25, 0.3) is 0 Å². The number of piperidine rings is 1. The zero-order valence-corrected chi connectivity index (χ0v) is 12.4. The minimum absolute atomic E-state index is 0.0336. The molecule has 0 saturated carbocycles. The van der Waals surface area contributed by atoms with Gasteiger partial charge in [0.2, 0.25) is 0 Å². The van der Waals surface area contributed by atoms with Crippen molar-refractivity contribution in [1.82, 2.24) is 15.1 Å². The fourth-order valence-corrected chi connectivity index (χ4v) is 2.84. The molecule has 2 atom stereocenters. The number of ether oxygens (including phenoxy) is 1. The molecule has 1 N–H and O–H groups in total. The highest BCUT2D eigenvalue weighted by molar-refractivity contribution is 6.34. The number of hydrogen-bond donors (Lipinski definition) is 1. The Morgan fingerprint density at radius 3 is 2.60 bits per heavy atom. The SMILES string of the molecule is COC1CN(C(=O)C(=O)N2CCCNCC2)CCC1C. The van der Waals surface area contributed by atoms with E-state index in [1.54, 1.807) is 16.9 Å². The number of likely N-dealkylation sites (tertiary alicyclic amines) is 1. The van der Waals surface area contributed by atoms with Gasteiger partial charge in [-0.2, -0.15) is 0 Å². The lowest BCUT2D eigenvalue weighted by Crippen LogP contribution is -2.52. The van der Waals surface area contributed by atoms with Crippen molar-refractivity contribution in [2.24, 2.45) is 5.92 Å². The van der Waals surface area contributed by atoms with Gasteiger partial charge in [-0.3, -0.25) is 9.59 Å². The van der Waals surface area contributed by atoms with Gasteiger partial charge >= 0.3 is 11.8 Å². The fraction of sp³-hybridized carbons (Fsp3) is 0.857. The summed E-state index contributed by atoms with van der Waals surface area (Å²) in [7, 11) is 1.66. The van der Waals surface area contributed by atoms with E-state index in [-0.39, 0.29) is 17.9 Å². The first-order valence-corrected chi connectivity index (χ1v) is 7.45. The first kappa shape index (κ1) is 15.3. The van der Waals surface area contributed by atoms with Crippen molar-refractivity contribution in [3.05, 3.63) is 0 Å². The van der Waals surface area contributed by atoms with Crippen LogP contribution in [0.2, 0.25) is 0 Å². The van der Waals surface area contributed by atoms with Crippen LogP contribution in [-0.4, -0.2) is 74.1 Å². The van der Waals surface area contributed by atoms with Crippen LogP contribution in [0.1, 0.15) is 19.8 Å². The molecule has 0 spiro atoms. The molecular formula is C14H25N3O3. The molecule has 0 bridgehead atoms. The van der Waals surface area contributed by atoms with Crippen molar-refractivity contribution in [3.63, 3.8) is 0 Å². The predicted molar refractivity (Wildman–Crippen MR) is 75.2 cm³/mol. The zero-order valence-electron chi connectivity index (χ0n) is 12.4. The lowest BCUT2D eigenvalue weighted by molar-refractivity contribution is -0.154. The summed E-state index contributed by atoms with van der Waals surface area (Å²) in [6.07, 6.45) is 1.82. The molecule has 2 fully saturated rings. The van der Waals surface area contributed by atoms with Gasteiger partial charge in [0.15, 0.2) is 0 Å². The molecule has 20 heavy (non-hydrogen) atoms. The molecule has 6 heteroatoms. The summed E-state index contributed by atoms with van der Waals surface area (Å²) in [5.41, 5.74) is 0. The highest BCUT2D eigenvalue weighted by atomic mass is 16.5. The molecule has 114 valence electrons. The van der Waals surface area contributed by atoms with E-state index in [0.29, 0.717) is 32.1 Å². The number of nitrogens with one attached hydrogen (secondary N) is 1. The van der Waals surface area contributed by atoms with E-state index in [0.717, 1.165) is 25.9 Å². The van der Waals surface area contributed by atoms with Crippen molar-refractivity contribution in [3.8, 4) is 0 Å². The second-order valence-corrected chi connectivity index (χ2v) is 5.69. The Balaban J connectivity index is 1.94. The molecule has 0 aromatic heterocycles. The summed E-state index contributed by atoms with van der Waals surface area (Å²) in [5, 5.41) is 3.23. The predicted octanol–water partition coefficient (Wildman–Crippen LogP) is -0.308. The van der Waals surface area contributed by atoms with E-state index in [1.807, 2.05) is 0 Å². The molecule has 2 aliphatic heterocycles. The number of hydrogen-bond acceptors (Lipinski definition) is 4. The van der Waals surface area contributed by atoms with Gasteiger partial charge in [-0.25, -0.2) is 0 Å². The Labute approximate surface area is 120 Å². The highest BCUT2D eigenvalue weighted by Crippen LogP contribution is 2.19. The third-order valence-corrected chi connectivity index (χ3v) is 4.29. The molecule has 0 aliphatic carbocycles. The van der Waals surface area contributed by atoms with Crippen LogP contribution in [0.4, 0.5) is 0 Å². The van der Waals surface area contributed by atoms with Crippen LogP contribution in [0.15, 0.2) is 0 Å². The molecule has 2 unspecified atom stereocenters. The molecule has 0 aromatic carbocycles. The first-order valence-electron chi connectivity index (χ1n) is 7.45. The largest absolute Gasteiger partial charge is 0.379 e. The maximum Gasteiger partial charge on any atom is 0.312 e. The van der Waals surface area contributed by atoms with Crippen LogP contribution in [-0.2, 0) is 14.3 Å². The highest BCUT2D eigenvalue weighted by Gasteiger charge is 2.33. The van der Waals surface area contributed by atoms with Crippen LogP contribution >= 0.6 is 0 Å². The first-order chi connectivity index (χ1) is 9.63. The third kappa shape index (κ3) is 3.49. The fourth-order valence-electron chi connectivity index (χ4n) is 2.84. The topological polar surface area (TPSA) is 61.9 Å². The average Bonchev–Trinajstić information content (AvgIpc) is 2.75. The van der Waals surface area contributed by atoms with Gasteiger partial charge in [0.25, 0.3) is 0 Å². The van der Waals surface area contributed by atoms with Gasteiger partial charge in [-0.1, -0.05) is 6.92 Å². The Bertz CT molecular complexity index is 354. The Morgan fingerprint density at radius 1 is 1.10 bits per heavy atom. The van der Waals surface area contributed by atoms with E-state index in [4.69, 9.17) is 4.74 Å². The molecule has 0 aromatic rings. The van der Waals surface area contributed by atoms with Crippen molar-refractivity contribution >= 4 is 11.8 Å². The number of rotatable bonds is 1. The minimum Gasteiger partial charge on any atom is -0.379 e. The Hall–Kier alpha value is -1.14. The molecule has 0 radical (unpaired) electrons. The third-order valence-electron chi connectivity index (χ3n) is 4.29. The average molecular weight is 283 g/mol. The van der Waals surface area contributed by atoms with Gasteiger partial charge < -0.3 is 19.9 Å². The van der Waals surface area contributed by atoms with Crippen LogP contribution < -0.4 is 5.32 Å². The molecule has 2 heterocycles. The summed E-state index contributed by atoms with van der Waals surface area (Å²) >= 11 is 0. The minimum atomic E-state index is -0.374. The number of carbonyl (C=O) groups is 2. The van der Waals surface area contributed by atoms with Gasteiger partial charge in [0.1, 0.15) is 0 Å². The smallest absolute Gasteiger partial charge is 0.312 e. The monoisotopic (exact) mass is 283 g/mol. The maximum absolute atomic E-state index is 12.3. The molecular weight excluding hydrogens is 258 g/mol. The van der Waals surface area contributed by atoms with Crippen molar-refractivity contribution in [1.29, 1.82) is 0 Å². The van der Waals surface area contributed by atoms with Gasteiger partial charge in [0.05, 0.1) is 6.10 Å². The summed E-state index contributed by atoms with van der Waals surface area (Å²) in [4.78, 5) is 27.9. The zero-order chi connectivity index (χ0) is 14.5. The lowest BCUT2D eigenvalue weighted by Gasteiger charge is -2.36. The summed E-state index contributed by atoms with van der Waals surface area (Å²) in [6.45, 7) is 6.24. The van der Waals surface area contributed by atoms with Crippen molar-refractivity contribution < 1.29 is 14.3 Å². The van der Waals surface area contributed by atoms with E-state index >= 15 is 0 Å². The molecule has 2 rings (SSSR count). The standard InChI is InChI=1S/C14H25N3O3/c1-11-4-8-17(10-12(11)20-2)14(19)13(18)16-7-3-5-15-6-9-16/h11-12,15H,3-10H2,1-2H3. The normalized spacial score (nSPS) is 28.1. The van der Waals surface area contributed by atoms with E-state index in [1.165, 1.54) is 0 Å². The number of carbonyl (C=O) groups excluding carboxylic acids is 2. The quantitative estimate of drug-likeness (QED) is 0.671. The van der Waals surface area contributed by atoms with Crippen molar-refractivity contribution in [2.75, 3.05) is 46.4 Å². The number of amides is 2. The lowest BCUT2D eigenvalue weighted by atomic mass is 9.96. The number of nitrogens with zero attached hydrogens (tertiary/aromatic N) is 2. The van der Waals surface area contributed by atoms with E-state index < -0.39 is 0 Å².